The van der Waals surface area contributed by atoms with E-state index in [1.54, 1.807) is 0 Å². The van der Waals surface area contributed by atoms with Crippen molar-refractivity contribution in [3.8, 4) is 0 Å². The number of hydrogen-bond acceptors (Lipinski definition) is 4. The molecule has 1 amide bonds. The molecule has 1 saturated carbocycles. The van der Waals surface area contributed by atoms with Crippen molar-refractivity contribution in [2.24, 2.45) is 5.92 Å². The van der Waals surface area contributed by atoms with Gasteiger partial charge in [-0.2, -0.15) is 0 Å². The first kappa shape index (κ1) is 20.5. The zero-order valence-corrected chi connectivity index (χ0v) is 17.0. The summed E-state index contributed by atoms with van der Waals surface area (Å²) in [5, 5.41) is 3.16. The maximum atomic E-state index is 12.8. The van der Waals surface area contributed by atoms with Gasteiger partial charge in [0.05, 0.1) is 18.0 Å². The lowest BCUT2D eigenvalue weighted by molar-refractivity contribution is -0.0258. The minimum absolute atomic E-state index is 0.0424. The van der Waals surface area contributed by atoms with E-state index in [1.165, 1.54) is 51.3 Å². The Balaban J connectivity index is 1.79. The zero-order valence-electron chi connectivity index (χ0n) is 16.2. The highest BCUT2D eigenvalue weighted by Gasteiger charge is 2.28. The zero-order chi connectivity index (χ0) is 20.1. The molecule has 3 rings (SSSR count). The third kappa shape index (κ3) is 4.43. The van der Waals surface area contributed by atoms with Crippen LogP contribution in [0.2, 0.25) is 0 Å². The van der Waals surface area contributed by atoms with Gasteiger partial charge in [0.15, 0.2) is 0 Å². The highest BCUT2D eigenvalue weighted by Crippen LogP contribution is 2.35. The number of rotatable bonds is 7. The Morgan fingerprint density at radius 1 is 1.07 bits per heavy atom. The summed E-state index contributed by atoms with van der Waals surface area (Å²) in [7, 11) is -1.13. The van der Waals surface area contributed by atoms with Crippen molar-refractivity contribution in [2.45, 2.75) is 36.6 Å². The number of carbonyl (C=O) groups is 1. The molecule has 28 heavy (non-hydrogen) atoms. The molecule has 7 heteroatoms. The molecule has 1 aliphatic rings. The number of amides is 1. The number of benzene rings is 2. The van der Waals surface area contributed by atoms with Crippen LogP contribution in [0, 0.1) is 5.92 Å². The molecular weight excluding hydrogens is 376 g/mol. The van der Waals surface area contributed by atoms with Crippen LogP contribution in [-0.2, 0) is 14.9 Å². The summed E-state index contributed by atoms with van der Waals surface area (Å²) in [6.07, 6.45) is 4.56. The van der Waals surface area contributed by atoms with Crippen LogP contribution in [0.4, 0.5) is 0 Å². The van der Waals surface area contributed by atoms with Crippen molar-refractivity contribution >= 4 is 15.9 Å². The van der Waals surface area contributed by atoms with Crippen LogP contribution in [0.1, 0.15) is 47.6 Å². The SMILES string of the molecule is CON(C)S(=O)(=O)c1ccc(C(=O)NC(c2ccccc2)C2CCCC2)cc1. The van der Waals surface area contributed by atoms with E-state index >= 15 is 0 Å². The number of sulfonamides is 1. The fourth-order valence-corrected chi connectivity index (χ4v) is 4.65. The van der Waals surface area contributed by atoms with E-state index in [1.807, 2.05) is 30.3 Å². The molecule has 2 aromatic carbocycles. The van der Waals surface area contributed by atoms with Gasteiger partial charge in [-0.25, -0.2) is 8.42 Å². The van der Waals surface area contributed by atoms with Crippen LogP contribution in [-0.4, -0.2) is 33.0 Å². The van der Waals surface area contributed by atoms with Crippen molar-refractivity contribution in [2.75, 3.05) is 14.2 Å². The highest BCUT2D eigenvalue weighted by molar-refractivity contribution is 7.89. The van der Waals surface area contributed by atoms with Crippen LogP contribution in [0.25, 0.3) is 0 Å². The second-order valence-electron chi connectivity index (χ2n) is 7.03. The molecule has 2 aromatic rings. The van der Waals surface area contributed by atoms with E-state index in [4.69, 9.17) is 4.84 Å². The van der Waals surface area contributed by atoms with Crippen LogP contribution in [0.15, 0.2) is 59.5 Å². The minimum atomic E-state index is -3.73. The van der Waals surface area contributed by atoms with Crippen molar-refractivity contribution in [3.05, 3.63) is 65.7 Å². The number of carbonyl (C=O) groups excluding carboxylic acids is 1. The molecule has 1 unspecified atom stereocenters. The maximum Gasteiger partial charge on any atom is 0.264 e. The van der Waals surface area contributed by atoms with Gasteiger partial charge in [-0.05, 0) is 48.6 Å². The molecule has 0 aromatic heterocycles. The molecule has 1 N–H and O–H groups in total. The number of nitrogens with zero attached hydrogens (tertiary/aromatic N) is 1. The minimum Gasteiger partial charge on any atom is -0.345 e. The Bertz CT molecular complexity index is 892. The van der Waals surface area contributed by atoms with E-state index < -0.39 is 10.0 Å². The summed E-state index contributed by atoms with van der Waals surface area (Å²) in [6, 6.07) is 15.9. The van der Waals surface area contributed by atoms with Crippen LogP contribution in [0.3, 0.4) is 0 Å². The molecule has 0 aliphatic heterocycles. The van der Waals surface area contributed by atoms with Crippen molar-refractivity contribution in [3.63, 3.8) is 0 Å². The van der Waals surface area contributed by atoms with Crippen LogP contribution >= 0.6 is 0 Å². The van der Waals surface area contributed by atoms with Crippen LogP contribution in [0.5, 0.6) is 0 Å². The monoisotopic (exact) mass is 402 g/mol. The van der Waals surface area contributed by atoms with Crippen LogP contribution < -0.4 is 5.32 Å². The van der Waals surface area contributed by atoms with E-state index in [0.29, 0.717) is 11.5 Å². The van der Waals surface area contributed by atoms with Gasteiger partial charge in [-0.1, -0.05) is 47.6 Å². The lowest BCUT2D eigenvalue weighted by Crippen LogP contribution is -2.32. The molecule has 0 saturated heterocycles. The fourth-order valence-electron chi connectivity index (χ4n) is 3.67. The number of hydroxylamine groups is 1. The molecular formula is C21H26N2O4S. The molecule has 0 spiro atoms. The number of hydrogen-bond donors (Lipinski definition) is 1. The Hall–Kier alpha value is -2.22. The summed E-state index contributed by atoms with van der Waals surface area (Å²) in [6.45, 7) is 0. The first-order valence-corrected chi connectivity index (χ1v) is 10.9. The smallest absolute Gasteiger partial charge is 0.264 e. The average Bonchev–Trinajstić information content (AvgIpc) is 3.26. The van der Waals surface area contributed by atoms with Crippen molar-refractivity contribution in [1.29, 1.82) is 0 Å². The first-order valence-electron chi connectivity index (χ1n) is 9.42. The largest absolute Gasteiger partial charge is 0.345 e. The van der Waals surface area contributed by atoms with Gasteiger partial charge in [0.25, 0.3) is 15.9 Å². The maximum absolute atomic E-state index is 12.8. The van der Waals surface area contributed by atoms with Gasteiger partial charge in [0.1, 0.15) is 0 Å². The standard InChI is InChI=1S/C21H26N2O4S/c1-23(27-2)28(25,26)19-14-12-18(13-15-19)21(24)22-20(17-10-6-7-11-17)16-8-4-3-5-9-16/h3-5,8-9,12-15,17,20H,6-7,10-11H2,1-2H3,(H,22,24). The fraction of sp³-hybridized carbons (Fsp3) is 0.381. The molecule has 0 heterocycles. The third-order valence-corrected chi connectivity index (χ3v) is 7.02. The number of nitrogens with one attached hydrogen (secondary N) is 1. The second kappa shape index (κ2) is 8.86. The van der Waals surface area contributed by atoms with Gasteiger partial charge in [-0.3, -0.25) is 9.63 Å². The Morgan fingerprint density at radius 3 is 2.25 bits per heavy atom. The third-order valence-electron chi connectivity index (χ3n) is 5.33. The highest BCUT2D eigenvalue weighted by atomic mass is 32.2. The molecule has 6 nitrogen and oxygen atoms in total. The second-order valence-corrected chi connectivity index (χ2v) is 8.96. The van der Waals surface area contributed by atoms with E-state index in [-0.39, 0.29) is 16.8 Å². The van der Waals surface area contributed by atoms with Crippen molar-refractivity contribution in [1.82, 2.24) is 9.79 Å². The molecule has 0 radical (unpaired) electrons. The normalized spacial score (nSPS) is 16.2. The molecule has 1 atom stereocenters. The molecule has 150 valence electrons. The molecule has 1 aliphatic carbocycles. The predicted molar refractivity (Wildman–Crippen MR) is 107 cm³/mol. The lowest BCUT2D eigenvalue weighted by Gasteiger charge is -2.25. The molecule has 1 fully saturated rings. The van der Waals surface area contributed by atoms with E-state index in [9.17, 15) is 13.2 Å². The lowest BCUT2D eigenvalue weighted by atomic mass is 9.91. The van der Waals surface area contributed by atoms with E-state index in [2.05, 4.69) is 5.32 Å². The van der Waals surface area contributed by atoms with Crippen molar-refractivity contribution < 1.29 is 18.0 Å². The summed E-state index contributed by atoms with van der Waals surface area (Å²) < 4.78 is 25.3. The van der Waals surface area contributed by atoms with E-state index in [0.717, 1.165) is 22.9 Å². The van der Waals surface area contributed by atoms with Gasteiger partial charge in [0, 0.05) is 12.6 Å². The first-order chi connectivity index (χ1) is 13.4. The average molecular weight is 403 g/mol. The summed E-state index contributed by atoms with van der Waals surface area (Å²) in [5.41, 5.74) is 1.53. The Morgan fingerprint density at radius 2 is 1.68 bits per heavy atom. The topological polar surface area (TPSA) is 75.7 Å². The predicted octanol–water partition coefficient (Wildman–Crippen LogP) is 3.53. The Kier molecular flexibility index (Phi) is 6.49. The quantitative estimate of drug-likeness (QED) is 0.719. The summed E-state index contributed by atoms with van der Waals surface area (Å²) in [5.74, 6) is 0.214. The van der Waals surface area contributed by atoms with Gasteiger partial charge < -0.3 is 5.32 Å². The van der Waals surface area contributed by atoms with Gasteiger partial charge in [0.2, 0.25) is 0 Å². The molecule has 0 bridgehead atoms. The Labute approximate surface area is 166 Å². The van der Waals surface area contributed by atoms with Gasteiger partial charge >= 0.3 is 0 Å². The van der Waals surface area contributed by atoms with Gasteiger partial charge in [-0.15, -0.1) is 0 Å². The summed E-state index contributed by atoms with van der Waals surface area (Å²) >= 11 is 0. The summed E-state index contributed by atoms with van der Waals surface area (Å²) in [4.78, 5) is 17.7.